The number of hydrogen-bond acceptors (Lipinski definition) is 4. The summed E-state index contributed by atoms with van der Waals surface area (Å²) in [7, 11) is 0. The van der Waals surface area contributed by atoms with Crippen LogP contribution in [0.4, 0.5) is 0 Å². The molecule has 2 aromatic rings. The lowest BCUT2D eigenvalue weighted by Crippen LogP contribution is -2.22. The normalized spacial score (nSPS) is 9.83. The molecule has 0 saturated heterocycles. The smallest absolute Gasteiger partial charge is 0.0205 e. The van der Waals surface area contributed by atoms with Crippen molar-refractivity contribution in [2.75, 3.05) is 39.3 Å². The molecule has 0 heterocycles. The van der Waals surface area contributed by atoms with E-state index in [0.29, 0.717) is 0 Å². The number of nitrogens with one attached hydrogen (secondary N) is 4. The van der Waals surface area contributed by atoms with E-state index in [0.717, 1.165) is 52.4 Å². The highest BCUT2D eigenvalue weighted by molar-refractivity contribution is 5.86. The molecule has 0 bridgehead atoms. The van der Waals surface area contributed by atoms with Gasteiger partial charge in [-0.1, -0.05) is 79.9 Å². The molecule has 2 aromatic carbocycles. The van der Waals surface area contributed by atoms with Crippen molar-refractivity contribution in [3.8, 4) is 0 Å². The molecule has 4 N–H and O–H groups in total. The standard InChI is InChI=1S/C27H44N4.4ClH/c1(2-10-18-28-20-12-22-30-24-26-14-6-4-7-15-26)3-11-19-29-21-13-23-31-25-27-16-8-5-9-17-27;;;;/h4-9,14-17,28-31H,1-3,10-13,18-25H2;4*1H. The molecule has 0 aromatic heterocycles. The molecule has 0 aliphatic carbocycles. The van der Waals surface area contributed by atoms with E-state index in [2.05, 4.69) is 81.9 Å². The van der Waals surface area contributed by atoms with Crippen molar-refractivity contribution < 1.29 is 0 Å². The Bertz CT molecular complexity index is 580. The number of rotatable bonds is 20. The summed E-state index contributed by atoms with van der Waals surface area (Å²) in [5.74, 6) is 0. The van der Waals surface area contributed by atoms with Crippen LogP contribution in [0.15, 0.2) is 60.7 Å². The first-order chi connectivity index (χ1) is 15.4. The molecule has 0 fully saturated rings. The van der Waals surface area contributed by atoms with Crippen LogP contribution in [0.2, 0.25) is 0 Å². The molecule has 35 heavy (non-hydrogen) atoms. The van der Waals surface area contributed by atoms with Crippen LogP contribution in [0.3, 0.4) is 0 Å². The Kier molecular flexibility index (Phi) is 33.0. The zero-order valence-electron chi connectivity index (χ0n) is 21.0. The van der Waals surface area contributed by atoms with Crippen LogP contribution >= 0.6 is 49.6 Å². The summed E-state index contributed by atoms with van der Waals surface area (Å²) in [6.07, 6.45) is 9.06. The highest BCUT2D eigenvalue weighted by atomic mass is 35.5. The number of unbranched alkanes of at least 4 members (excludes halogenated alkanes) is 4. The summed E-state index contributed by atoms with van der Waals surface area (Å²) < 4.78 is 0. The van der Waals surface area contributed by atoms with Crippen molar-refractivity contribution in [1.82, 2.24) is 21.3 Å². The highest BCUT2D eigenvalue weighted by Gasteiger charge is 1.95. The van der Waals surface area contributed by atoms with Crippen LogP contribution < -0.4 is 21.3 Å². The largest absolute Gasteiger partial charge is 0.317 e. The molecule has 8 heteroatoms. The Morgan fingerprint density at radius 2 is 0.657 bits per heavy atom. The SMILES string of the molecule is Cl.Cl.Cl.Cl.c1ccc(CNCCCNCCCCCCCNCCCNCc2ccccc2)cc1. The number of halogens is 4. The molecule has 0 unspecified atom stereocenters. The van der Waals surface area contributed by atoms with Crippen molar-refractivity contribution in [2.24, 2.45) is 0 Å². The van der Waals surface area contributed by atoms with Gasteiger partial charge in [0.05, 0.1) is 0 Å². The topological polar surface area (TPSA) is 48.1 Å². The van der Waals surface area contributed by atoms with Gasteiger partial charge in [0.25, 0.3) is 0 Å². The fourth-order valence-electron chi connectivity index (χ4n) is 3.61. The maximum atomic E-state index is 3.57. The average Bonchev–Trinajstić information content (AvgIpc) is 2.82. The molecule has 2 rings (SSSR count). The Balaban J connectivity index is -0.00000256. The number of benzene rings is 2. The molecule has 4 nitrogen and oxygen atoms in total. The second-order valence-electron chi connectivity index (χ2n) is 8.30. The third kappa shape index (κ3) is 23.6. The molecule has 0 spiro atoms. The van der Waals surface area contributed by atoms with Gasteiger partial charge in [-0.2, -0.15) is 0 Å². The van der Waals surface area contributed by atoms with Gasteiger partial charge in [0.1, 0.15) is 0 Å². The maximum absolute atomic E-state index is 3.57. The lowest BCUT2D eigenvalue weighted by atomic mass is 10.1. The Labute approximate surface area is 239 Å². The quantitative estimate of drug-likeness (QED) is 0.144. The van der Waals surface area contributed by atoms with Gasteiger partial charge in [-0.25, -0.2) is 0 Å². The van der Waals surface area contributed by atoms with Gasteiger partial charge in [0.2, 0.25) is 0 Å². The first-order valence-electron chi connectivity index (χ1n) is 12.4. The fourth-order valence-corrected chi connectivity index (χ4v) is 3.61. The molecule has 0 atom stereocenters. The lowest BCUT2D eigenvalue weighted by molar-refractivity contribution is 0.537. The van der Waals surface area contributed by atoms with E-state index >= 15 is 0 Å². The highest BCUT2D eigenvalue weighted by Crippen LogP contribution is 2.02. The van der Waals surface area contributed by atoms with E-state index in [1.165, 1.54) is 56.1 Å². The van der Waals surface area contributed by atoms with Gasteiger partial charge in [0.15, 0.2) is 0 Å². The molecular formula is C27H48Cl4N4. The van der Waals surface area contributed by atoms with E-state index in [4.69, 9.17) is 0 Å². The summed E-state index contributed by atoms with van der Waals surface area (Å²) in [5, 5.41) is 14.2. The van der Waals surface area contributed by atoms with Gasteiger partial charge >= 0.3 is 0 Å². The van der Waals surface area contributed by atoms with Gasteiger partial charge in [-0.05, 0) is 76.1 Å². The first kappa shape index (κ1) is 39.0. The van der Waals surface area contributed by atoms with Crippen molar-refractivity contribution in [3.63, 3.8) is 0 Å². The third-order valence-electron chi connectivity index (χ3n) is 5.47. The van der Waals surface area contributed by atoms with E-state index in [-0.39, 0.29) is 49.6 Å². The van der Waals surface area contributed by atoms with Crippen LogP contribution in [0, 0.1) is 0 Å². The van der Waals surface area contributed by atoms with Gasteiger partial charge in [-0.3, -0.25) is 0 Å². The monoisotopic (exact) mass is 568 g/mol. The van der Waals surface area contributed by atoms with E-state index in [9.17, 15) is 0 Å². The molecule has 0 amide bonds. The fraction of sp³-hybridized carbons (Fsp3) is 0.556. The minimum absolute atomic E-state index is 0. The molecule has 0 radical (unpaired) electrons. The zero-order chi connectivity index (χ0) is 21.7. The lowest BCUT2D eigenvalue weighted by Gasteiger charge is -2.07. The van der Waals surface area contributed by atoms with Crippen molar-refractivity contribution in [2.45, 2.75) is 58.0 Å². The van der Waals surface area contributed by atoms with Crippen LogP contribution in [-0.4, -0.2) is 39.3 Å². The summed E-state index contributed by atoms with van der Waals surface area (Å²) in [6.45, 7) is 8.66. The molecule has 204 valence electrons. The minimum Gasteiger partial charge on any atom is -0.317 e. The predicted molar refractivity (Wildman–Crippen MR) is 163 cm³/mol. The Morgan fingerprint density at radius 3 is 1.06 bits per heavy atom. The van der Waals surface area contributed by atoms with Gasteiger partial charge in [-0.15, -0.1) is 49.6 Å². The summed E-state index contributed by atoms with van der Waals surface area (Å²) >= 11 is 0. The first-order valence-corrected chi connectivity index (χ1v) is 12.4. The van der Waals surface area contributed by atoms with Crippen LogP contribution in [0.25, 0.3) is 0 Å². The minimum atomic E-state index is 0. The molecule has 0 aliphatic heterocycles. The van der Waals surface area contributed by atoms with Crippen LogP contribution in [0.1, 0.15) is 56.1 Å². The van der Waals surface area contributed by atoms with Crippen molar-refractivity contribution in [1.29, 1.82) is 0 Å². The number of hydrogen-bond donors (Lipinski definition) is 4. The summed E-state index contributed by atoms with van der Waals surface area (Å²) in [6, 6.07) is 21.2. The van der Waals surface area contributed by atoms with E-state index in [1.54, 1.807) is 0 Å². The van der Waals surface area contributed by atoms with Crippen LogP contribution in [0.5, 0.6) is 0 Å². The van der Waals surface area contributed by atoms with Crippen LogP contribution in [-0.2, 0) is 13.1 Å². The zero-order valence-corrected chi connectivity index (χ0v) is 24.3. The molecular weight excluding hydrogens is 522 g/mol. The summed E-state index contributed by atoms with van der Waals surface area (Å²) in [5.41, 5.74) is 2.73. The molecule has 0 saturated carbocycles. The second-order valence-corrected chi connectivity index (χ2v) is 8.30. The Morgan fingerprint density at radius 1 is 0.343 bits per heavy atom. The van der Waals surface area contributed by atoms with E-state index < -0.39 is 0 Å². The second kappa shape index (κ2) is 29.7. The van der Waals surface area contributed by atoms with Gasteiger partial charge in [0, 0.05) is 13.1 Å². The van der Waals surface area contributed by atoms with Crippen molar-refractivity contribution >= 4 is 49.6 Å². The predicted octanol–water partition coefficient (Wildman–Crippen LogP) is 6.16. The molecule has 0 aliphatic rings. The summed E-state index contributed by atoms with van der Waals surface area (Å²) in [4.78, 5) is 0. The maximum Gasteiger partial charge on any atom is 0.0205 e. The third-order valence-corrected chi connectivity index (χ3v) is 5.47. The van der Waals surface area contributed by atoms with Crippen molar-refractivity contribution in [3.05, 3.63) is 71.8 Å². The van der Waals surface area contributed by atoms with E-state index in [1.807, 2.05) is 0 Å². The Hall–Kier alpha value is -0.560. The average molecular weight is 571 g/mol. The van der Waals surface area contributed by atoms with Gasteiger partial charge < -0.3 is 21.3 Å².